The molecule has 0 radical (unpaired) electrons. The van der Waals surface area contributed by atoms with Crippen molar-refractivity contribution in [3.8, 4) is 11.3 Å². The van der Waals surface area contributed by atoms with E-state index in [4.69, 9.17) is 10.8 Å². The molecule has 1 aromatic carbocycles. The highest BCUT2D eigenvalue weighted by molar-refractivity contribution is 6.06. The summed E-state index contributed by atoms with van der Waals surface area (Å²) in [6.07, 6.45) is 6.63. The first kappa shape index (κ1) is 31.2. The second-order valence-electron chi connectivity index (χ2n) is 11.8. The quantitative estimate of drug-likeness (QED) is 0.220. The smallest absolute Gasteiger partial charge is 0.389 e. The van der Waals surface area contributed by atoms with Gasteiger partial charge in [-0.05, 0) is 62.8 Å². The van der Waals surface area contributed by atoms with Crippen LogP contribution < -0.4 is 16.4 Å². The molecule has 0 saturated heterocycles. The van der Waals surface area contributed by atoms with E-state index in [1.54, 1.807) is 36.5 Å². The Morgan fingerprint density at radius 2 is 1.87 bits per heavy atom. The number of aliphatic hydroxyl groups is 1. The van der Waals surface area contributed by atoms with Crippen molar-refractivity contribution in [1.29, 1.82) is 0 Å². The number of anilines is 2. The van der Waals surface area contributed by atoms with E-state index in [0.29, 0.717) is 48.7 Å². The molecule has 0 spiro atoms. The molecule has 1 aliphatic carbocycles. The molecule has 3 aromatic heterocycles. The fourth-order valence-electron chi connectivity index (χ4n) is 6.22. The molecule has 1 aliphatic heterocycles. The van der Waals surface area contributed by atoms with Gasteiger partial charge in [0.1, 0.15) is 17.3 Å². The first-order valence-electron chi connectivity index (χ1n) is 15.3. The van der Waals surface area contributed by atoms with E-state index in [2.05, 4.69) is 20.6 Å². The zero-order chi connectivity index (χ0) is 32.4. The standard InChI is InChI=1S/C33H34F3N7O3/c34-33(35,36)22-14-15-38-26(16-22)41-32(46)20-10-8-19(9-11-20)29-28-30-21(18-39-31(28)37)12-13-25(44)6-1-2-7-27(45)40-23-4-3-5-24(17-23)43(30)42-29/h8-16,18,23-25,44H,1-7,17H2,(H2,37,39)(H,40,45)(H,38,41,46)/b13-12+/t23-,24-,25+/m1/s1. The Bertz CT molecular complexity index is 1790. The maximum absolute atomic E-state index is 13.1. The molecule has 13 heteroatoms. The van der Waals surface area contributed by atoms with Gasteiger partial charge in [0, 0.05) is 41.5 Å². The molecule has 4 heterocycles. The Hall–Kier alpha value is -4.78. The van der Waals surface area contributed by atoms with E-state index in [1.165, 1.54) is 0 Å². The van der Waals surface area contributed by atoms with Gasteiger partial charge in [-0.2, -0.15) is 18.3 Å². The van der Waals surface area contributed by atoms with Gasteiger partial charge in [0.15, 0.2) is 0 Å². The number of nitrogens with two attached hydrogens (primary N) is 1. The van der Waals surface area contributed by atoms with E-state index >= 15 is 0 Å². The van der Waals surface area contributed by atoms with Gasteiger partial charge in [0.2, 0.25) is 5.91 Å². The molecule has 10 nitrogen and oxygen atoms in total. The number of amides is 2. The maximum atomic E-state index is 13.1. The molecule has 3 atom stereocenters. The SMILES string of the molecule is Nc1ncc2c3c1c(-c1ccc(C(=O)Nc4cc(C(F)(F)F)ccn4)cc1)nn3[C@@H]1CCC[C@H](C1)NC(=O)CCCC[C@H](O)/C=C/2. The number of halogens is 3. The number of nitrogens with one attached hydrogen (secondary N) is 2. The Labute approximate surface area is 262 Å². The molecule has 240 valence electrons. The van der Waals surface area contributed by atoms with Gasteiger partial charge in [-0.15, -0.1) is 0 Å². The van der Waals surface area contributed by atoms with Crippen molar-refractivity contribution in [1.82, 2.24) is 25.1 Å². The number of nitrogen functional groups attached to an aromatic ring is 1. The van der Waals surface area contributed by atoms with E-state index in [-0.39, 0.29) is 35.2 Å². The third kappa shape index (κ3) is 6.74. The summed E-state index contributed by atoms with van der Waals surface area (Å²) in [6.45, 7) is 0. The van der Waals surface area contributed by atoms with Crippen LogP contribution in [0, 0.1) is 0 Å². The molecule has 46 heavy (non-hydrogen) atoms. The lowest BCUT2D eigenvalue weighted by molar-refractivity contribution is -0.137. The van der Waals surface area contributed by atoms with E-state index in [1.807, 2.05) is 10.8 Å². The van der Waals surface area contributed by atoms with E-state index < -0.39 is 23.8 Å². The molecular formula is C33H34F3N7O3. The first-order chi connectivity index (χ1) is 22.1. The fourth-order valence-corrected chi connectivity index (χ4v) is 6.22. The zero-order valence-electron chi connectivity index (χ0n) is 24.9. The summed E-state index contributed by atoms with van der Waals surface area (Å²) in [5.41, 5.74) is 8.47. The Morgan fingerprint density at radius 3 is 2.65 bits per heavy atom. The monoisotopic (exact) mass is 633 g/mol. The fraction of sp³-hybridized carbons (Fsp3) is 0.364. The van der Waals surface area contributed by atoms with Gasteiger partial charge in [-0.25, -0.2) is 9.97 Å². The van der Waals surface area contributed by atoms with Gasteiger partial charge in [0.05, 0.1) is 28.6 Å². The molecule has 2 bridgehead atoms. The summed E-state index contributed by atoms with van der Waals surface area (Å²) in [6, 6.07) is 8.08. The molecule has 5 N–H and O–H groups in total. The third-order valence-corrected chi connectivity index (χ3v) is 8.54. The number of aromatic nitrogens is 4. The van der Waals surface area contributed by atoms with Crippen molar-refractivity contribution >= 4 is 40.4 Å². The lowest BCUT2D eigenvalue weighted by Gasteiger charge is -2.30. The molecule has 2 amide bonds. The van der Waals surface area contributed by atoms with Gasteiger partial charge in [0.25, 0.3) is 5.91 Å². The number of benzene rings is 1. The van der Waals surface area contributed by atoms with Crippen LogP contribution in [-0.4, -0.2) is 48.8 Å². The highest BCUT2D eigenvalue weighted by Gasteiger charge is 2.31. The van der Waals surface area contributed by atoms with Crippen LogP contribution >= 0.6 is 0 Å². The number of carbonyl (C=O) groups excluding carboxylic acids is 2. The number of fused-ring (bicyclic) bond motifs is 3. The minimum absolute atomic E-state index is 0.00644. The number of nitrogens with zero attached hydrogens (tertiary/aromatic N) is 4. The molecule has 4 aromatic rings. The van der Waals surface area contributed by atoms with Crippen LogP contribution in [0.1, 0.15) is 78.9 Å². The molecule has 6 rings (SSSR count). The Morgan fingerprint density at radius 1 is 1.07 bits per heavy atom. The van der Waals surface area contributed by atoms with E-state index in [9.17, 15) is 27.9 Å². The number of carbonyl (C=O) groups is 2. The lowest BCUT2D eigenvalue weighted by atomic mass is 9.90. The van der Waals surface area contributed by atoms with Gasteiger partial charge in [-0.1, -0.05) is 30.7 Å². The van der Waals surface area contributed by atoms with Crippen LogP contribution in [0.4, 0.5) is 24.8 Å². The van der Waals surface area contributed by atoms with Crippen molar-refractivity contribution < 1.29 is 27.9 Å². The summed E-state index contributed by atoms with van der Waals surface area (Å²) in [5.74, 6) is -0.556. The zero-order valence-corrected chi connectivity index (χ0v) is 24.9. The lowest BCUT2D eigenvalue weighted by Crippen LogP contribution is -2.39. The highest BCUT2D eigenvalue weighted by Crippen LogP contribution is 2.39. The number of aliphatic hydroxyl groups excluding tert-OH is 1. The average Bonchev–Trinajstić information content (AvgIpc) is 3.44. The second-order valence-corrected chi connectivity index (χ2v) is 11.8. The van der Waals surface area contributed by atoms with Crippen molar-refractivity contribution in [2.75, 3.05) is 11.1 Å². The van der Waals surface area contributed by atoms with Gasteiger partial charge >= 0.3 is 6.18 Å². The van der Waals surface area contributed by atoms with Crippen LogP contribution in [0.5, 0.6) is 0 Å². The van der Waals surface area contributed by atoms with Crippen LogP contribution in [0.25, 0.3) is 28.2 Å². The number of hydrogen-bond acceptors (Lipinski definition) is 7. The highest BCUT2D eigenvalue weighted by atomic mass is 19.4. The topological polar surface area (TPSA) is 148 Å². The summed E-state index contributed by atoms with van der Waals surface area (Å²) in [7, 11) is 0. The number of alkyl halides is 3. The predicted octanol–water partition coefficient (Wildman–Crippen LogP) is 5.89. The van der Waals surface area contributed by atoms with Crippen LogP contribution in [0.15, 0.2) is 54.9 Å². The molecule has 2 aliphatic rings. The van der Waals surface area contributed by atoms with Crippen molar-refractivity contribution in [3.63, 3.8) is 0 Å². The minimum Gasteiger partial charge on any atom is -0.389 e. The minimum atomic E-state index is -4.57. The Balaban J connectivity index is 1.37. The van der Waals surface area contributed by atoms with Gasteiger partial charge in [-0.3, -0.25) is 14.3 Å². The van der Waals surface area contributed by atoms with Crippen molar-refractivity contribution in [3.05, 3.63) is 71.6 Å². The summed E-state index contributed by atoms with van der Waals surface area (Å²) < 4.78 is 41.3. The summed E-state index contributed by atoms with van der Waals surface area (Å²) in [5, 5.41) is 21.9. The predicted molar refractivity (Wildman–Crippen MR) is 168 cm³/mol. The Kier molecular flexibility index (Phi) is 8.76. The number of rotatable bonds is 3. The third-order valence-electron chi connectivity index (χ3n) is 8.54. The molecule has 1 saturated carbocycles. The van der Waals surface area contributed by atoms with Crippen molar-refractivity contribution in [2.45, 2.75) is 75.7 Å². The number of hydrogen-bond donors (Lipinski definition) is 4. The van der Waals surface area contributed by atoms with Crippen LogP contribution in [0.2, 0.25) is 0 Å². The normalized spacial score (nSPS) is 21.6. The molecular weight excluding hydrogens is 599 g/mol. The van der Waals surface area contributed by atoms with Crippen molar-refractivity contribution in [2.24, 2.45) is 0 Å². The average molecular weight is 634 g/mol. The largest absolute Gasteiger partial charge is 0.416 e. The first-order valence-corrected chi connectivity index (χ1v) is 15.3. The molecule has 0 unspecified atom stereocenters. The number of pyridine rings is 2. The molecule has 1 fully saturated rings. The van der Waals surface area contributed by atoms with E-state index in [0.717, 1.165) is 48.7 Å². The maximum Gasteiger partial charge on any atom is 0.416 e. The summed E-state index contributed by atoms with van der Waals surface area (Å²) >= 11 is 0. The summed E-state index contributed by atoms with van der Waals surface area (Å²) in [4.78, 5) is 33.8. The van der Waals surface area contributed by atoms with Gasteiger partial charge < -0.3 is 21.5 Å². The van der Waals surface area contributed by atoms with Crippen LogP contribution in [-0.2, 0) is 11.0 Å². The second kappa shape index (κ2) is 12.9. The van der Waals surface area contributed by atoms with Crippen LogP contribution in [0.3, 0.4) is 0 Å².